The number of hydrogen-bond donors (Lipinski definition) is 2. The van der Waals surface area contributed by atoms with Crippen molar-refractivity contribution < 1.29 is 5.21 Å². The molecule has 0 atom stereocenters. The summed E-state index contributed by atoms with van der Waals surface area (Å²) in [5.74, 6) is 0. The molecule has 0 amide bonds. The molecular formula is C9H12N2O. The lowest BCUT2D eigenvalue weighted by Crippen LogP contribution is -2.01. The van der Waals surface area contributed by atoms with Gasteiger partial charge in [-0.25, -0.2) is 4.99 Å². The predicted molar refractivity (Wildman–Crippen MR) is 49.0 cm³/mol. The summed E-state index contributed by atoms with van der Waals surface area (Å²) in [7, 11) is 0. The first-order valence-corrected chi connectivity index (χ1v) is 3.74. The molecule has 1 rings (SSSR count). The molecule has 2 N–H and O–H groups in total. The van der Waals surface area contributed by atoms with E-state index in [2.05, 4.69) is 4.99 Å². The van der Waals surface area contributed by atoms with Crippen molar-refractivity contribution >= 4 is 12.0 Å². The number of nitrogens with zero attached hydrogens (tertiary/aromatic N) is 1. The minimum absolute atomic E-state index is 0.872. The van der Waals surface area contributed by atoms with Crippen LogP contribution in [0.2, 0.25) is 0 Å². The molecule has 3 heteroatoms. The average molecular weight is 164 g/mol. The van der Waals surface area contributed by atoms with Gasteiger partial charge >= 0.3 is 0 Å². The zero-order valence-corrected chi connectivity index (χ0v) is 7.20. The van der Waals surface area contributed by atoms with Gasteiger partial charge in [0.25, 0.3) is 0 Å². The number of benzene rings is 1. The Hall–Kier alpha value is -1.35. The van der Waals surface area contributed by atoms with Gasteiger partial charge in [-0.1, -0.05) is 12.1 Å². The highest BCUT2D eigenvalue weighted by Gasteiger charge is 1.96. The molecule has 0 radical (unpaired) electrons. The molecule has 12 heavy (non-hydrogen) atoms. The van der Waals surface area contributed by atoms with Crippen molar-refractivity contribution in [3.05, 3.63) is 29.3 Å². The lowest BCUT2D eigenvalue weighted by Gasteiger charge is -2.02. The van der Waals surface area contributed by atoms with Crippen LogP contribution in [0.15, 0.2) is 23.2 Å². The van der Waals surface area contributed by atoms with E-state index in [0.29, 0.717) is 0 Å². The summed E-state index contributed by atoms with van der Waals surface area (Å²) in [6.45, 7) is 4.03. The maximum absolute atomic E-state index is 8.29. The summed E-state index contributed by atoms with van der Waals surface area (Å²) in [6, 6.07) is 5.86. The summed E-state index contributed by atoms with van der Waals surface area (Å²) >= 11 is 0. The van der Waals surface area contributed by atoms with Gasteiger partial charge in [-0.2, -0.15) is 0 Å². The van der Waals surface area contributed by atoms with Gasteiger partial charge in [0.15, 0.2) is 0 Å². The third-order valence-electron chi connectivity index (χ3n) is 1.84. The fourth-order valence-electron chi connectivity index (χ4n) is 0.974. The van der Waals surface area contributed by atoms with Crippen LogP contribution < -0.4 is 5.48 Å². The largest absolute Gasteiger partial charge is 0.290 e. The summed E-state index contributed by atoms with van der Waals surface area (Å²) in [4.78, 5) is 4.00. The van der Waals surface area contributed by atoms with Crippen LogP contribution in [0, 0.1) is 13.8 Å². The lowest BCUT2D eigenvalue weighted by molar-refractivity contribution is 0.240. The second-order valence-corrected chi connectivity index (χ2v) is 2.61. The van der Waals surface area contributed by atoms with Gasteiger partial charge in [0.2, 0.25) is 0 Å². The SMILES string of the molecule is Cc1cccc(N=CNO)c1C. The highest BCUT2D eigenvalue weighted by Crippen LogP contribution is 2.20. The molecule has 0 spiro atoms. The lowest BCUT2D eigenvalue weighted by atomic mass is 10.1. The molecule has 1 aromatic carbocycles. The molecule has 0 heterocycles. The van der Waals surface area contributed by atoms with Crippen molar-refractivity contribution in [3.63, 3.8) is 0 Å². The van der Waals surface area contributed by atoms with Crippen molar-refractivity contribution in [3.8, 4) is 0 Å². The normalized spacial score (nSPS) is 10.6. The Balaban J connectivity index is 3.00. The topological polar surface area (TPSA) is 44.6 Å². The number of aryl methyl sites for hydroxylation is 1. The van der Waals surface area contributed by atoms with E-state index in [1.54, 1.807) is 0 Å². The Morgan fingerprint density at radius 3 is 2.83 bits per heavy atom. The number of nitrogens with one attached hydrogen (secondary N) is 1. The number of hydrogen-bond acceptors (Lipinski definition) is 2. The molecule has 0 unspecified atom stereocenters. The summed E-state index contributed by atoms with van der Waals surface area (Å²) < 4.78 is 0. The molecule has 0 saturated heterocycles. The van der Waals surface area contributed by atoms with E-state index >= 15 is 0 Å². The first-order chi connectivity index (χ1) is 5.75. The van der Waals surface area contributed by atoms with E-state index in [1.807, 2.05) is 37.5 Å². The molecule has 0 aliphatic rings. The first-order valence-electron chi connectivity index (χ1n) is 3.74. The van der Waals surface area contributed by atoms with Crippen molar-refractivity contribution in [2.45, 2.75) is 13.8 Å². The van der Waals surface area contributed by atoms with Crippen LogP contribution in [0.1, 0.15) is 11.1 Å². The Bertz CT molecular complexity index is 295. The van der Waals surface area contributed by atoms with Crippen LogP contribution in [-0.2, 0) is 0 Å². The Labute approximate surface area is 71.7 Å². The van der Waals surface area contributed by atoms with E-state index < -0.39 is 0 Å². The Morgan fingerprint density at radius 1 is 1.42 bits per heavy atom. The molecule has 1 aromatic rings. The first kappa shape index (κ1) is 8.74. The van der Waals surface area contributed by atoms with Crippen molar-refractivity contribution in [2.24, 2.45) is 4.99 Å². The highest BCUT2D eigenvalue weighted by molar-refractivity contribution is 5.62. The number of hydroxylamine groups is 1. The summed E-state index contributed by atoms with van der Waals surface area (Å²) in [5, 5.41) is 8.29. The van der Waals surface area contributed by atoms with Crippen molar-refractivity contribution in [1.29, 1.82) is 0 Å². The third kappa shape index (κ3) is 1.83. The fourth-order valence-corrected chi connectivity index (χ4v) is 0.974. The monoisotopic (exact) mass is 164 g/mol. The number of rotatable bonds is 2. The Morgan fingerprint density at radius 2 is 2.17 bits per heavy atom. The van der Waals surface area contributed by atoms with E-state index in [-0.39, 0.29) is 0 Å². The van der Waals surface area contributed by atoms with Gasteiger partial charge in [-0.3, -0.25) is 10.7 Å². The average Bonchev–Trinajstić information content (AvgIpc) is 2.08. The van der Waals surface area contributed by atoms with Crippen LogP contribution in [-0.4, -0.2) is 11.5 Å². The van der Waals surface area contributed by atoms with Gasteiger partial charge < -0.3 is 0 Å². The van der Waals surface area contributed by atoms with Gasteiger partial charge in [0.1, 0.15) is 6.34 Å². The smallest absolute Gasteiger partial charge is 0.113 e. The predicted octanol–water partition coefficient (Wildman–Crippen LogP) is 1.94. The fraction of sp³-hybridized carbons (Fsp3) is 0.222. The maximum Gasteiger partial charge on any atom is 0.113 e. The van der Waals surface area contributed by atoms with E-state index in [1.165, 1.54) is 11.9 Å². The molecule has 0 aromatic heterocycles. The zero-order valence-electron chi connectivity index (χ0n) is 7.20. The molecule has 0 fully saturated rings. The summed E-state index contributed by atoms with van der Waals surface area (Å²) in [5.41, 5.74) is 5.07. The maximum atomic E-state index is 8.29. The van der Waals surface area contributed by atoms with Gasteiger partial charge in [-0.05, 0) is 31.0 Å². The van der Waals surface area contributed by atoms with Crippen LogP contribution in [0.5, 0.6) is 0 Å². The van der Waals surface area contributed by atoms with Crippen LogP contribution in [0.25, 0.3) is 0 Å². The number of aliphatic imine (C=N–C) groups is 1. The van der Waals surface area contributed by atoms with Crippen LogP contribution in [0.4, 0.5) is 5.69 Å². The molecule has 0 saturated carbocycles. The van der Waals surface area contributed by atoms with E-state index in [4.69, 9.17) is 5.21 Å². The minimum Gasteiger partial charge on any atom is -0.290 e. The van der Waals surface area contributed by atoms with E-state index in [0.717, 1.165) is 11.3 Å². The minimum atomic E-state index is 0.872. The van der Waals surface area contributed by atoms with E-state index in [9.17, 15) is 0 Å². The van der Waals surface area contributed by atoms with Crippen LogP contribution >= 0.6 is 0 Å². The summed E-state index contributed by atoms with van der Waals surface area (Å²) in [6.07, 6.45) is 1.25. The molecular weight excluding hydrogens is 152 g/mol. The molecule has 0 bridgehead atoms. The van der Waals surface area contributed by atoms with Crippen molar-refractivity contribution in [2.75, 3.05) is 0 Å². The second-order valence-electron chi connectivity index (χ2n) is 2.61. The second kappa shape index (κ2) is 3.88. The molecule has 0 aliphatic carbocycles. The van der Waals surface area contributed by atoms with Gasteiger partial charge in [0.05, 0.1) is 5.69 Å². The van der Waals surface area contributed by atoms with Gasteiger partial charge in [0, 0.05) is 0 Å². The quantitative estimate of drug-likeness (QED) is 0.398. The Kier molecular flexibility index (Phi) is 2.82. The zero-order chi connectivity index (χ0) is 8.97. The standard InChI is InChI=1S/C9H12N2O/c1-7-4-3-5-9(8(7)2)10-6-11-12/h3-6,12H,1-2H3,(H,10,11). The highest BCUT2D eigenvalue weighted by atomic mass is 16.5. The molecule has 0 aliphatic heterocycles. The van der Waals surface area contributed by atoms with Crippen LogP contribution in [0.3, 0.4) is 0 Å². The van der Waals surface area contributed by atoms with Gasteiger partial charge in [-0.15, -0.1) is 0 Å². The third-order valence-corrected chi connectivity index (χ3v) is 1.84. The molecule has 3 nitrogen and oxygen atoms in total. The van der Waals surface area contributed by atoms with Crippen molar-refractivity contribution in [1.82, 2.24) is 5.48 Å². The molecule has 64 valence electrons.